The van der Waals surface area contributed by atoms with Crippen molar-refractivity contribution >= 4 is 0 Å². The van der Waals surface area contributed by atoms with Crippen molar-refractivity contribution in [3.8, 4) is 22.3 Å². The van der Waals surface area contributed by atoms with E-state index in [0.717, 1.165) is 0 Å². The van der Waals surface area contributed by atoms with Crippen LogP contribution in [0.5, 0.6) is 0 Å². The average Bonchev–Trinajstić information content (AvgIpc) is 2.49. The van der Waals surface area contributed by atoms with Crippen LogP contribution in [0.3, 0.4) is 0 Å². The molecule has 0 radical (unpaired) electrons. The number of hydrogen-bond donors (Lipinski definition) is 0. The average molecular weight is 228 g/mol. The van der Waals surface area contributed by atoms with Crippen molar-refractivity contribution in [1.29, 1.82) is 0 Å². The lowest BCUT2D eigenvalue weighted by atomic mass is 10.0. The molecule has 0 unspecified atom stereocenters. The van der Waals surface area contributed by atoms with E-state index in [1.54, 1.807) is 0 Å². The van der Waals surface area contributed by atoms with E-state index >= 15 is 0 Å². The Kier molecular flexibility index (Phi) is 2.82. The van der Waals surface area contributed by atoms with Crippen molar-refractivity contribution in [3.05, 3.63) is 84.9 Å². The lowest BCUT2D eigenvalue weighted by Crippen LogP contribution is -1.79. The third-order valence-corrected chi connectivity index (χ3v) is 2.98. The van der Waals surface area contributed by atoms with Crippen molar-refractivity contribution in [2.24, 2.45) is 0 Å². The van der Waals surface area contributed by atoms with Crippen molar-refractivity contribution in [2.45, 2.75) is 0 Å². The highest BCUT2D eigenvalue weighted by Crippen LogP contribution is 2.23. The summed E-state index contributed by atoms with van der Waals surface area (Å²) in [5.74, 6) is 0. The fraction of sp³-hybridized carbons (Fsp3) is 0. The molecule has 0 nitrogen and oxygen atoms in total. The lowest BCUT2D eigenvalue weighted by Gasteiger charge is -2.04. The molecule has 3 rings (SSSR count). The molecular weight excluding hydrogens is 216 g/mol. The molecule has 0 saturated heterocycles. The monoisotopic (exact) mass is 228 g/mol. The predicted molar refractivity (Wildman–Crippen MR) is 75.0 cm³/mol. The maximum Gasteiger partial charge on any atom is -0.00365 e. The van der Waals surface area contributed by atoms with Gasteiger partial charge in [0.1, 0.15) is 0 Å². The van der Waals surface area contributed by atoms with Gasteiger partial charge in [0.15, 0.2) is 0 Å². The fourth-order valence-electron chi connectivity index (χ4n) is 2.01. The van der Waals surface area contributed by atoms with E-state index in [0.29, 0.717) is 0 Å². The molecule has 0 heterocycles. The first-order chi connectivity index (χ1) is 8.93. The van der Waals surface area contributed by atoms with E-state index in [2.05, 4.69) is 60.7 Å². The van der Waals surface area contributed by atoms with Gasteiger partial charge in [-0.2, -0.15) is 0 Å². The summed E-state index contributed by atoms with van der Waals surface area (Å²) in [6.45, 7) is 0. The Labute approximate surface area is 108 Å². The van der Waals surface area contributed by atoms with Crippen molar-refractivity contribution in [2.75, 3.05) is 0 Å². The van der Waals surface area contributed by atoms with Gasteiger partial charge in [0.05, 0.1) is 0 Å². The Morgan fingerprint density at radius 3 is 1.72 bits per heavy atom. The van der Waals surface area contributed by atoms with Crippen LogP contribution in [-0.2, 0) is 0 Å². The van der Waals surface area contributed by atoms with Gasteiger partial charge in [-0.1, -0.05) is 66.7 Å². The molecule has 0 saturated carbocycles. The normalized spacial score (nSPS) is 9.78. The second-order valence-electron chi connectivity index (χ2n) is 4.17. The summed E-state index contributed by atoms with van der Waals surface area (Å²) in [5.41, 5.74) is 4.87. The molecule has 84 valence electrons. The largest absolute Gasteiger partial charge is 0.0702 e. The molecule has 0 aliphatic heterocycles. The third kappa shape index (κ3) is 2.12. The van der Waals surface area contributed by atoms with E-state index in [-0.39, 0.29) is 0 Å². The lowest BCUT2D eigenvalue weighted by molar-refractivity contribution is 1.59. The van der Waals surface area contributed by atoms with Crippen LogP contribution in [0, 0.1) is 12.1 Å². The quantitative estimate of drug-likeness (QED) is 0.600. The van der Waals surface area contributed by atoms with Gasteiger partial charge in [0.25, 0.3) is 0 Å². The van der Waals surface area contributed by atoms with E-state index in [1.165, 1.54) is 22.3 Å². The van der Waals surface area contributed by atoms with E-state index in [4.69, 9.17) is 0 Å². The molecule has 0 atom stereocenters. The molecule has 0 fully saturated rings. The molecule has 0 N–H and O–H groups in total. The van der Waals surface area contributed by atoms with E-state index in [9.17, 15) is 0 Å². The molecular formula is C18H12. The second kappa shape index (κ2) is 4.77. The van der Waals surface area contributed by atoms with Crippen molar-refractivity contribution in [3.63, 3.8) is 0 Å². The maximum atomic E-state index is 2.98. The SMILES string of the molecule is c1ccc(-c2ccc(-c3ccccc3)cc2)cc#1. The van der Waals surface area contributed by atoms with Crippen molar-refractivity contribution < 1.29 is 0 Å². The highest BCUT2D eigenvalue weighted by atomic mass is 14.0. The molecule has 0 amide bonds. The van der Waals surface area contributed by atoms with Gasteiger partial charge >= 0.3 is 0 Å². The zero-order valence-corrected chi connectivity index (χ0v) is 9.93. The Hall–Kier alpha value is -2.52. The summed E-state index contributed by atoms with van der Waals surface area (Å²) in [6.07, 6.45) is 0. The molecule has 3 aromatic carbocycles. The minimum absolute atomic E-state index is 1.17. The van der Waals surface area contributed by atoms with Crippen molar-refractivity contribution in [1.82, 2.24) is 0 Å². The Morgan fingerprint density at radius 1 is 0.500 bits per heavy atom. The number of benzene rings is 2. The minimum atomic E-state index is 1.17. The van der Waals surface area contributed by atoms with Gasteiger partial charge < -0.3 is 0 Å². The van der Waals surface area contributed by atoms with E-state index < -0.39 is 0 Å². The van der Waals surface area contributed by atoms with Crippen LogP contribution in [0.1, 0.15) is 0 Å². The molecule has 0 spiro atoms. The van der Waals surface area contributed by atoms with Gasteiger partial charge in [-0.25, -0.2) is 0 Å². The molecule has 0 aliphatic rings. The second-order valence-corrected chi connectivity index (χ2v) is 4.17. The summed E-state index contributed by atoms with van der Waals surface area (Å²) in [7, 11) is 0. The third-order valence-electron chi connectivity index (χ3n) is 2.98. The Balaban J connectivity index is 1.95. The molecule has 0 aliphatic carbocycles. The summed E-state index contributed by atoms with van der Waals surface area (Å²) in [4.78, 5) is 0. The smallest absolute Gasteiger partial charge is 0.00365 e. The van der Waals surface area contributed by atoms with Gasteiger partial charge in [-0.3, -0.25) is 0 Å². The highest BCUT2D eigenvalue weighted by Gasteiger charge is 1.98. The van der Waals surface area contributed by atoms with Crippen LogP contribution < -0.4 is 0 Å². The molecule has 0 bridgehead atoms. The number of rotatable bonds is 2. The van der Waals surface area contributed by atoms with Crippen LogP contribution in [0.4, 0.5) is 0 Å². The zero-order valence-electron chi connectivity index (χ0n) is 9.93. The minimum Gasteiger partial charge on any atom is -0.0702 e. The predicted octanol–water partition coefficient (Wildman–Crippen LogP) is 4.62. The topological polar surface area (TPSA) is 0 Å². The van der Waals surface area contributed by atoms with Gasteiger partial charge in [-0.15, -0.1) is 0 Å². The van der Waals surface area contributed by atoms with Crippen LogP contribution >= 0.6 is 0 Å². The maximum absolute atomic E-state index is 2.98. The number of hydrogen-bond acceptors (Lipinski definition) is 0. The molecule has 18 heavy (non-hydrogen) atoms. The summed E-state index contributed by atoms with van der Waals surface area (Å²) in [5, 5.41) is 0. The molecule has 0 heteroatoms. The van der Waals surface area contributed by atoms with Crippen LogP contribution in [0.15, 0.2) is 72.8 Å². The first kappa shape index (κ1) is 10.6. The first-order valence-corrected chi connectivity index (χ1v) is 5.97. The van der Waals surface area contributed by atoms with Gasteiger partial charge in [0.2, 0.25) is 0 Å². The Bertz CT molecular complexity index is 549. The summed E-state index contributed by atoms with van der Waals surface area (Å²) < 4.78 is 0. The highest BCUT2D eigenvalue weighted by molar-refractivity contribution is 5.69. The Morgan fingerprint density at radius 2 is 1.11 bits per heavy atom. The zero-order chi connectivity index (χ0) is 12.2. The van der Waals surface area contributed by atoms with Crippen LogP contribution in [-0.4, -0.2) is 0 Å². The standard InChI is InChI=1S/C18H12/c1-3-7-15(8-4-1)17-11-13-18(14-12-17)16-9-5-2-6-10-16/h1,3-5,7-14H. The first-order valence-electron chi connectivity index (χ1n) is 5.97. The van der Waals surface area contributed by atoms with Gasteiger partial charge in [-0.05, 0) is 40.5 Å². The van der Waals surface area contributed by atoms with Crippen LogP contribution in [0.25, 0.3) is 22.3 Å². The van der Waals surface area contributed by atoms with Gasteiger partial charge in [0, 0.05) is 0 Å². The molecule has 3 aromatic rings. The summed E-state index contributed by atoms with van der Waals surface area (Å²) in [6, 6.07) is 30.8. The van der Waals surface area contributed by atoms with E-state index in [1.807, 2.05) is 24.3 Å². The van der Waals surface area contributed by atoms with Crippen LogP contribution in [0.2, 0.25) is 0 Å². The molecule has 0 aromatic heterocycles. The summed E-state index contributed by atoms with van der Waals surface area (Å²) >= 11 is 0. The fourth-order valence-corrected chi connectivity index (χ4v) is 2.01.